The van der Waals surface area contributed by atoms with Crippen LogP contribution in [0, 0.1) is 5.92 Å². The summed E-state index contributed by atoms with van der Waals surface area (Å²) >= 11 is 0. The highest BCUT2D eigenvalue weighted by Crippen LogP contribution is 2.20. The van der Waals surface area contributed by atoms with Crippen molar-refractivity contribution in [3.8, 4) is 0 Å². The molecule has 5 nitrogen and oxygen atoms in total. The molecule has 1 atom stereocenters. The van der Waals surface area contributed by atoms with Gasteiger partial charge >= 0.3 is 5.97 Å². The molecule has 2 aromatic rings. The van der Waals surface area contributed by atoms with Crippen LogP contribution in [0.25, 0.3) is 10.9 Å². The first kappa shape index (κ1) is 12.7. The Labute approximate surface area is 116 Å². The van der Waals surface area contributed by atoms with Crippen molar-refractivity contribution in [1.82, 2.24) is 9.88 Å². The summed E-state index contributed by atoms with van der Waals surface area (Å²) in [6, 6.07) is 7.47. The summed E-state index contributed by atoms with van der Waals surface area (Å²) in [5.41, 5.74) is 1.52. The first-order valence-electron chi connectivity index (χ1n) is 6.74. The number of nitrogens with zero attached hydrogens (tertiary/aromatic N) is 1. The fourth-order valence-corrected chi connectivity index (χ4v) is 2.73. The third-order valence-electron chi connectivity index (χ3n) is 3.86. The van der Waals surface area contributed by atoms with Crippen LogP contribution in [0.4, 0.5) is 0 Å². The van der Waals surface area contributed by atoms with Crippen molar-refractivity contribution in [1.29, 1.82) is 0 Å². The van der Waals surface area contributed by atoms with E-state index >= 15 is 0 Å². The second kappa shape index (κ2) is 5.00. The fourth-order valence-electron chi connectivity index (χ4n) is 2.73. The van der Waals surface area contributed by atoms with Gasteiger partial charge in [-0.15, -0.1) is 0 Å². The van der Waals surface area contributed by atoms with Gasteiger partial charge in [-0.1, -0.05) is 6.07 Å². The maximum Gasteiger partial charge on any atom is 0.308 e. The van der Waals surface area contributed by atoms with Crippen LogP contribution in [-0.4, -0.2) is 40.0 Å². The summed E-state index contributed by atoms with van der Waals surface area (Å²) in [6.45, 7) is 0.933. The first-order valence-corrected chi connectivity index (χ1v) is 6.74. The van der Waals surface area contributed by atoms with Crippen molar-refractivity contribution in [2.45, 2.75) is 12.8 Å². The van der Waals surface area contributed by atoms with E-state index in [1.165, 1.54) is 0 Å². The van der Waals surface area contributed by atoms with Crippen molar-refractivity contribution < 1.29 is 14.7 Å². The van der Waals surface area contributed by atoms with E-state index in [-0.39, 0.29) is 5.91 Å². The molecule has 104 valence electrons. The van der Waals surface area contributed by atoms with Crippen LogP contribution in [0.1, 0.15) is 23.2 Å². The Morgan fingerprint density at radius 2 is 2.15 bits per heavy atom. The van der Waals surface area contributed by atoms with Gasteiger partial charge in [0.15, 0.2) is 0 Å². The van der Waals surface area contributed by atoms with Gasteiger partial charge in [-0.05, 0) is 36.4 Å². The number of fused-ring (bicyclic) bond motifs is 1. The molecule has 2 N–H and O–H groups in total. The van der Waals surface area contributed by atoms with Gasteiger partial charge in [-0.2, -0.15) is 0 Å². The van der Waals surface area contributed by atoms with E-state index in [4.69, 9.17) is 5.11 Å². The predicted molar refractivity (Wildman–Crippen MR) is 74.6 cm³/mol. The van der Waals surface area contributed by atoms with Crippen LogP contribution < -0.4 is 0 Å². The number of H-pyrrole nitrogens is 1. The molecule has 5 heteroatoms. The monoisotopic (exact) mass is 272 g/mol. The van der Waals surface area contributed by atoms with Crippen LogP contribution in [0.15, 0.2) is 30.5 Å². The molecule has 2 heterocycles. The third-order valence-corrected chi connectivity index (χ3v) is 3.86. The Bertz CT molecular complexity index is 662. The molecule has 1 amide bonds. The Hall–Kier alpha value is -2.30. The van der Waals surface area contributed by atoms with Crippen molar-refractivity contribution >= 4 is 22.8 Å². The van der Waals surface area contributed by atoms with Crippen LogP contribution in [0.5, 0.6) is 0 Å². The number of carboxylic acids is 1. The van der Waals surface area contributed by atoms with E-state index in [1.807, 2.05) is 24.4 Å². The second-order valence-corrected chi connectivity index (χ2v) is 5.21. The van der Waals surface area contributed by atoms with Gasteiger partial charge in [0.2, 0.25) is 0 Å². The maximum absolute atomic E-state index is 12.5. The second-order valence-electron chi connectivity index (χ2n) is 5.21. The Kier molecular flexibility index (Phi) is 3.18. The molecule has 1 aliphatic rings. The number of likely N-dealkylation sites (tertiary alicyclic amines) is 1. The average Bonchev–Trinajstić information content (AvgIpc) is 2.94. The van der Waals surface area contributed by atoms with Crippen LogP contribution >= 0.6 is 0 Å². The number of nitrogens with one attached hydrogen (secondary N) is 1. The van der Waals surface area contributed by atoms with E-state index in [0.29, 0.717) is 25.1 Å². The van der Waals surface area contributed by atoms with Crippen molar-refractivity contribution in [2.75, 3.05) is 13.1 Å². The maximum atomic E-state index is 12.5. The van der Waals surface area contributed by atoms with E-state index < -0.39 is 11.9 Å². The summed E-state index contributed by atoms with van der Waals surface area (Å²) in [4.78, 5) is 28.2. The molecule has 3 rings (SSSR count). The number of amides is 1. The number of aliphatic carboxylic acids is 1. The molecule has 0 saturated carbocycles. The zero-order valence-electron chi connectivity index (χ0n) is 11.0. The molecule has 1 saturated heterocycles. The Morgan fingerprint density at radius 1 is 1.30 bits per heavy atom. The number of carbonyl (C=O) groups is 2. The zero-order valence-corrected chi connectivity index (χ0v) is 11.0. The molecule has 1 aromatic heterocycles. The Balaban J connectivity index is 1.82. The van der Waals surface area contributed by atoms with E-state index in [1.54, 1.807) is 11.0 Å². The number of carbonyl (C=O) groups excluding carboxylic acids is 1. The molecule has 20 heavy (non-hydrogen) atoms. The molecule has 1 fully saturated rings. The minimum absolute atomic E-state index is 0.0903. The zero-order chi connectivity index (χ0) is 14.1. The molecule has 0 spiro atoms. The molecule has 1 aromatic carbocycles. The molecule has 1 aliphatic heterocycles. The minimum Gasteiger partial charge on any atom is -0.481 e. The van der Waals surface area contributed by atoms with Gasteiger partial charge in [0.1, 0.15) is 0 Å². The number of aromatic nitrogens is 1. The molecular formula is C15H16N2O3. The van der Waals surface area contributed by atoms with E-state index in [2.05, 4.69) is 4.98 Å². The van der Waals surface area contributed by atoms with Crippen molar-refractivity contribution in [2.24, 2.45) is 5.92 Å². The van der Waals surface area contributed by atoms with Gasteiger partial charge < -0.3 is 15.0 Å². The third kappa shape index (κ3) is 2.27. The average molecular weight is 272 g/mol. The van der Waals surface area contributed by atoms with Crippen LogP contribution in [0.2, 0.25) is 0 Å². The Morgan fingerprint density at radius 3 is 2.95 bits per heavy atom. The summed E-state index contributed by atoms with van der Waals surface area (Å²) in [5, 5.41) is 10.1. The SMILES string of the molecule is O=C(O)C1CCCN(C(=O)c2ccc3cc[nH]c3c2)C1. The number of piperidine rings is 1. The minimum atomic E-state index is -0.817. The molecular weight excluding hydrogens is 256 g/mol. The van der Waals surface area contributed by atoms with Crippen molar-refractivity contribution in [3.05, 3.63) is 36.0 Å². The van der Waals surface area contributed by atoms with E-state index in [9.17, 15) is 9.59 Å². The van der Waals surface area contributed by atoms with Crippen molar-refractivity contribution in [3.63, 3.8) is 0 Å². The first-order chi connectivity index (χ1) is 9.65. The van der Waals surface area contributed by atoms with Gasteiger partial charge in [0.05, 0.1) is 5.92 Å². The molecule has 0 aliphatic carbocycles. The van der Waals surface area contributed by atoms with Gasteiger partial charge in [-0.25, -0.2) is 0 Å². The van der Waals surface area contributed by atoms with Gasteiger partial charge in [-0.3, -0.25) is 9.59 Å². The lowest BCUT2D eigenvalue weighted by Gasteiger charge is -2.30. The van der Waals surface area contributed by atoms with Crippen LogP contribution in [-0.2, 0) is 4.79 Å². The summed E-state index contributed by atoms with van der Waals surface area (Å²) < 4.78 is 0. The number of rotatable bonds is 2. The molecule has 1 unspecified atom stereocenters. The highest BCUT2D eigenvalue weighted by atomic mass is 16.4. The van der Waals surface area contributed by atoms with Gasteiger partial charge in [0, 0.05) is 30.4 Å². The number of hydrogen-bond donors (Lipinski definition) is 2. The topological polar surface area (TPSA) is 73.4 Å². The predicted octanol–water partition coefficient (Wildman–Crippen LogP) is 2.10. The number of aromatic amines is 1. The van der Waals surface area contributed by atoms with E-state index in [0.717, 1.165) is 17.3 Å². The number of carboxylic acid groups (broad SMARTS) is 1. The smallest absolute Gasteiger partial charge is 0.308 e. The quantitative estimate of drug-likeness (QED) is 0.879. The fraction of sp³-hybridized carbons (Fsp3) is 0.333. The number of hydrogen-bond acceptors (Lipinski definition) is 2. The lowest BCUT2D eigenvalue weighted by atomic mass is 9.97. The normalized spacial score (nSPS) is 19.2. The standard InChI is InChI=1S/C15H16N2O3/c18-14(17-7-1-2-12(9-17)15(19)20)11-4-3-10-5-6-16-13(10)8-11/h3-6,8,12,16H,1-2,7,9H2,(H,19,20). The largest absolute Gasteiger partial charge is 0.481 e. The van der Waals surface area contributed by atoms with Gasteiger partial charge in [0.25, 0.3) is 5.91 Å². The van der Waals surface area contributed by atoms with Crippen LogP contribution in [0.3, 0.4) is 0 Å². The molecule has 0 bridgehead atoms. The lowest BCUT2D eigenvalue weighted by Crippen LogP contribution is -2.42. The highest BCUT2D eigenvalue weighted by molar-refractivity contribution is 5.98. The molecule has 0 radical (unpaired) electrons. The summed E-state index contributed by atoms with van der Waals surface area (Å²) in [5.74, 6) is -1.35. The highest BCUT2D eigenvalue weighted by Gasteiger charge is 2.28. The summed E-state index contributed by atoms with van der Waals surface area (Å²) in [7, 11) is 0. The lowest BCUT2D eigenvalue weighted by molar-refractivity contribution is -0.143. The number of benzene rings is 1. The summed E-state index contributed by atoms with van der Waals surface area (Å²) in [6.07, 6.45) is 3.22.